The molecular formula is C34H35NO. The second-order valence-electron chi connectivity index (χ2n) is 13.0. The molecule has 0 spiro atoms. The van der Waals surface area contributed by atoms with Gasteiger partial charge in [0.05, 0.1) is 11.1 Å². The Morgan fingerprint density at radius 2 is 1.50 bits per heavy atom. The summed E-state index contributed by atoms with van der Waals surface area (Å²) < 4.78 is 6.87. The number of aromatic nitrogens is 1. The third-order valence-corrected chi connectivity index (χ3v) is 7.28. The Morgan fingerprint density at radius 1 is 0.750 bits per heavy atom. The minimum atomic E-state index is 0.129. The number of nitrogens with zero attached hydrogens (tertiary/aromatic N) is 1. The summed E-state index contributed by atoms with van der Waals surface area (Å²) in [6.07, 6.45) is 3.95. The summed E-state index contributed by atoms with van der Waals surface area (Å²) in [6.45, 7) is 16.0. The van der Waals surface area contributed by atoms with Crippen LogP contribution in [0.25, 0.3) is 43.6 Å². The number of ether oxygens (including phenoxy) is 1. The van der Waals surface area contributed by atoms with Gasteiger partial charge in [-0.2, -0.15) is 0 Å². The average molecular weight is 474 g/mol. The van der Waals surface area contributed by atoms with Gasteiger partial charge in [-0.1, -0.05) is 77.9 Å². The van der Waals surface area contributed by atoms with Crippen LogP contribution in [0.1, 0.15) is 58.2 Å². The minimum absolute atomic E-state index is 0.129. The van der Waals surface area contributed by atoms with Crippen LogP contribution in [0.5, 0.6) is 11.5 Å². The predicted molar refractivity (Wildman–Crippen MR) is 153 cm³/mol. The highest BCUT2D eigenvalue weighted by atomic mass is 16.5. The number of rotatable bonds is 2. The van der Waals surface area contributed by atoms with E-state index in [1.54, 1.807) is 0 Å². The van der Waals surface area contributed by atoms with Crippen molar-refractivity contribution >= 4 is 32.3 Å². The van der Waals surface area contributed by atoms with Crippen molar-refractivity contribution in [2.75, 3.05) is 0 Å². The van der Waals surface area contributed by atoms with Crippen molar-refractivity contribution in [2.24, 2.45) is 10.8 Å². The predicted octanol–water partition coefficient (Wildman–Crippen LogP) is 9.80. The van der Waals surface area contributed by atoms with Gasteiger partial charge in [-0.25, -0.2) is 0 Å². The molecule has 2 heteroatoms. The first-order valence-electron chi connectivity index (χ1n) is 13.1. The van der Waals surface area contributed by atoms with Crippen LogP contribution in [0.3, 0.4) is 0 Å². The summed E-state index contributed by atoms with van der Waals surface area (Å²) >= 11 is 0. The molecule has 0 saturated carbocycles. The Bertz CT molecular complexity index is 1680. The maximum absolute atomic E-state index is 6.87. The molecule has 182 valence electrons. The molecule has 0 fully saturated rings. The van der Waals surface area contributed by atoms with Crippen molar-refractivity contribution in [3.63, 3.8) is 0 Å². The molecule has 1 aliphatic rings. The van der Waals surface area contributed by atoms with E-state index in [-0.39, 0.29) is 10.8 Å². The van der Waals surface area contributed by atoms with Crippen LogP contribution in [0.15, 0.2) is 60.8 Å². The zero-order chi connectivity index (χ0) is 25.4. The molecule has 0 N–H and O–H groups in total. The van der Waals surface area contributed by atoms with Gasteiger partial charge < -0.3 is 4.74 Å². The molecule has 0 bridgehead atoms. The third-order valence-electron chi connectivity index (χ3n) is 7.28. The summed E-state index contributed by atoms with van der Waals surface area (Å²) in [6, 6.07) is 20.1. The fourth-order valence-corrected chi connectivity index (χ4v) is 5.83. The lowest BCUT2D eigenvalue weighted by atomic mass is 9.83. The van der Waals surface area contributed by atoms with Gasteiger partial charge in [-0.05, 0) is 86.9 Å². The van der Waals surface area contributed by atoms with Crippen molar-refractivity contribution in [3.8, 4) is 22.8 Å². The fourth-order valence-electron chi connectivity index (χ4n) is 5.83. The standard InChI is InChI=1S/C34H35NO/c1-20-14-26-22(15-23(20)18-33(2,3)4)17-29-30-25(26)12-13-35-31(30)27-16-21-10-8-9-11-24(21)28(32(27)36-29)19-34(5,6)7/h8-17H,18-19H2,1-7H3. The van der Waals surface area contributed by atoms with Crippen LogP contribution >= 0.6 is 0 Å². The fraction of sp³-hybridized carbons (Fsp3) is 0.324. The van der Waals surface area contributed by atoms with E-state index in [9.17, 15) is 0 Å². The van der Waals surface area contributed by atoms with E-state index in [1.165, 1.54) is 43.6 Å². The zero-order valence-corrected chi connectivity index (χ0v) is 22.5. The lowest BCUT2D eigenvalue weighted by molar-refractivity contribution is 0.400. The normalized spacial score (nSPS) is 13.3. The van der Waals surface area contributed by atoms with Crippen LogP contribution in [-0.4, -0.2) is 4.98 Å². The number of hydrogen-bond donors (Lipinski definition) is 0. The van der Waals surface area contributed by atoms with Crippen molar-refractivity contribution in [1.29, 1.82) is 0 Å². The van der Waals surface area contributed by atoms with Crippen molar-refractivity contribution < 1.29 is 4.74 Å². The van der Waals surface area contributed by atoms with E-state index in [1.807, 2.05) is 6.20 Å². The number of pyridine rings is 1. The highest BCUT2D eigenvalue weighted by Crippen LogP contribution is 2.51. The Kier molecular flexibility index (Phi) is 4.99. The number of benzene rings is 4. The first-order chi connectivity index (χ1) is 17.0. The molecule has 2 nitrogen and oxygen atoms in total. The maximum Gasteiger partial charge on any atom is 0.140 e. The number of aryl methyl sites for hydroxylation is 1. The smallest absolute Gasteiger partial charge is 0.140 e. The summed E-state index contributed by atoms with van der Waals surface area (Å²) in [7, 11) is 0. The highest BCUT2D eigenvalue weighted by molar-refractivity contribution is 6.16. The van der Waals surface area contributed by atoms with E-state index in [0.717, 1.165) is 41.0 Å². The van der Waals surface area contributed by atoms with Gasteiger partial charge in [-0.15, -0.1) is 0 Å². The molecule has 0 saturated heterocycles. The average Bonchev–Trinajstić information content (AvgIpc) is 2.79. The second kappa shape index (κ2) is 7.80. The maximum atomic E-state index is 6.87. The molecular weight excluding hydrogens is 438 g/mol. The topological polar surface area (TPSA) is 22.1 Å². The molecule has 4 aromatic carbocycles. The van der Waals surface area contributed by atoms with Crippen molar-refractivity contribution in [3.05, 3.63) is 77.5 Å². The Labute approximate surface area is 214 Å². The minimum Gasteiger partial charge on any atom is -0.456 e. The van der Waals surface area contributed by atoms with Gasteiger partial charge in [0.1, 0.15) is 11.5 Å². The molecule has 0 aliphatic carbocycles. The van der Waals surface area contributed by atoms with Gasteiger partial charge in [0.2, 0.25) is 0 Å². The van der Waals surface area contributed by atoms with E-state index in [0.29, 0.717) is 0 Å². The van der Waals surface area contributed by atoms with E-state index < -0.39 is 0 Å². The van der Waals surface area contributed by atoms with Gasteiger partial charge in [-0.3, -0.25) is 4.98 Å². The van der Waals surface area contributed by atoms with Gasteiger partial charge in [0, 0.05) is 17.3 Å². The molecule has 0 radical (unpaired) electrons. The third kappa shape index (κ3) is 3.84. The summed E-state index contributed by atoms with van der Waals surface area (Å²) in [5.74, 6) is 1.89. The quantitative estimate of drug-likeness (QED) is 0.233. The van der Waals surface area contributed by atoms with Crippen LogP contribution in [-0.2, 0) is 12.8 Å². The number of fused-ring (bicyclic) bond motifs is 5. The SMILES string of the molecule is Cc1cc2c(cc1CC(C)(C)C)cc1c3c(nccc32)-c2cc3ccccc3c(CC(C)(C)C)c2O1. The summed E-state index contributed by atoms with van der Waals surface area (Å²) in [5.41, 5.74) is 6.53. The van der Waals surface area contributed by atoms with Crippen LogP contribution in [0.2, 0.25) is 0 Å². The van der Waals surface area contributed by atoms with Crippen LogP contribution in [0.4, 0.5) is 0 Å². The largest absolute Gasteiger partial charge is 0.456 e. The molecule has 6 rings (SSSR count). The van der Waals surface area contributed by atoms with E-state index in [4.69, 9.17) is 9.72 Å². The zero-order valence-electron chi connectivity index (χ0n) is 22.5. The van der Waals surface area contributed by atoms with Crippen molar-refractivity contribution in [1.82, 2.24) is 4.98 Å². The van der Waals surface area contributed by atoms with Gasteiger partial charge in [0.25, 0.3) is 0 Å². The molecule has 0 amide bonds. The molecule has 0 unspecified atom stereocenters. The lowest BCUT2D eigenvalue weighted by Crippen LogP contribution is -2.12. The molecule has 0 atom stereocenters. The first-order valence-corrected chi connectivity index (χ1v) is 13.1. The molecule has 1 aliphatic heterocycles. The summed E-state index contributed by atoms with van der Waals surface area (Å²) in [5, 5.41) is 7.36. The van der Waals surface area contributed by atoms with Crippen molar-refractivity contribution in [2.45, 2.75) is 61.3 Å². The van der Waals surface area contributed by atoms with E-state index >= 15 is 0 Å². The van der Waals surface area contributed by atoms with Gasteiger partial charge in [0.15, 0.2) is 0 Å². The Balaban J connectivity index is 1.66. The summed E-state index contributed by atoms with van der Waals surface area (Å²) in [4.78, 5) is 4.94. The molecule has 5 aromatic rings. The molecule has 2 heterocycles. The van der Waals surface area contributed by atoms with Crippen LogP contribution in [0, 0.1) is 17.8 Å². The van der Waals surface area contributed by atoms with E-state index in [2.05, 4.69) is 103 Å². The Morgan fingerprint density at radius 3 is 2.25 bits per heavy atom. The Hall–Kier alpha value is -3.39. The first kappa shape index (κ1) is 23.0. The highest BCUT2D eigenvalue weighted by Gasteiger charge is 2.28. The second-order valence-corrected chi connectivity index (χ2v) is 13.0. The molecule has 36 heavy (non-hydrogen) atoms. The lowest BCUT2D eigenvalue weighted by Gasteiger charge is -2.28. The number of hydrogen-bond acceptors (Lipinski definition) is 2. The molecule has 1 aromatic heterocycles. The van der Waals surface area contributed by atoms with Crippen LogP contribution < -0.4 is 4.74 Å². The van der Waals surface area contributed by atoms with Gasteiger partial charge >= 0.3 is 0 Å². The monoisotopic (exact) mass is 473 g/mol.